The van der Waals surface area contributed by atoms with Crippen molar-refractivity contribution in [1.82, 2.24) is 4.98 Å². The molecule has 3 nitrogen and oxygen atoms in total. The second kappa shape index (κ2) is 2.48. The first-order valence-electron chi connectivity index (χ1n) is 4.80. The number of aromatic nitrogens is 1. The van der Waals surface area contributed by atoms with E-state index in [1.807, 2.05) is 0 Å². The van der Waals surface area contributed by atoms with E-state index in [2.05, 4.69) is 4.98 Å². The molecule has 0 spiro atoms. The van der Waals surface area contributed by atoms with Gasteiger partial charge in [0.1, 0.15) is 18.8 Å². The molecule has 13 heavy (non-hydrogen) atoms. The molecular weight excluding hydrogens is 185 g/mol. The summed E-state index contributed by atoms with van der Waals surface area (Å²) in [5.41, 5.74) is 1.62. The van der Waals surface area contributed by atoms with Crippen molar-refractivity contribution < 1.29 is 8.98 Å². The van der Waals surface area contributed by atoms with Gasteiger partial charge in [0.2, 0.25) is 0 Å². The van der Waals surface area contributed by atoms with Crippen molar-refractivity contribution in [3.63, 3.8) is 0 Å². The first-order valence-corrected chi connectivity index (χ1v) is 6.64. The van der Waals surface area contributed by atoms with E-state index in [1.165, 1.54) is 6.39 Å². The van der Waals surface area contributed by atoms with Crippen LogP contribution in [0, 0.1) is 0 Å². The normalized spacial score (nSPS) is 23.4. The van der Waals surface area contributed by atoms with Gasteiger partial charge in [-0.15, -0.1) is 0 Å². The summed E-state index contributed by atoms with van der Waals surface area (Å²) < 4.78 is 17.6. The standard InChI is InChI=1S/C9H12NO2P/c11-13(7-1-2-7,8-3-4-8)9-5-12-6-10-9/h5-8H,1-4H2. The van der Waals surface area contributed by atoms with Crippen LogP contribution in [0.3, 0.4) is 0 Å². The molecule has 3 rings (SSSR count). The lowest BCUT2D eigenvalue weighted by atomic mass is 10.9. The lowest BCUT2D eigenvalue weighted by molar-refractivity contribution is 0.557. The van der Waals surface area contributed by atoms with Crippen LogP contribution in [0.1, 0.15) is 25.7 Å². The minimum atomic E-state index is -2.15. The predicted molar refractivity (Wildman–Crippen MR) is 49.8 cm³/mol. The van der Waals surface area contributed by atoms with Crippen molar-refractivity contribution in [2.24, 2.45) is 0 Å². The van der Waals surface area contributed by atoms with Gasteiger partial charge >= 0.3 is 0 Å². The highest BCUT2D eigenvalue weighted by atomic mass is 31.2. The zero-order valence-corrected chi connectivity index (χ0v) is 8.24. The van der Waals surface area contributed by atoms with Gasteiger partial charge in [0, 0.05) is 11.3 Å². The Morgan fingerprint density at radius 1 is 1.31 bits per heavy atom. The quantitative estimate of drug-likeness (QED) is 0.696. The molecule has 0 bridgehead atoms. The SMILES string of the molecule is O=P(c1cocn1)(C1CC1)C1CC1. The first-order chi connectivity index (χ1) is 6.32. The molecule has 2 aliphatic rings. The number of rotatable bonds is 3. The van der Waals surface area contributed by atoms with Crippen LogP contribution in [-0.2, 0) is 4.57 Å². The number of hydrogen-bond acceptors (Lipinski definition) is 3. The lowest BCUT2D eigenvalue weighted by Gasteiger charge is -2.12. The Balaban J connectivity index is 2.03. The van der Waals surface area contributed by atoms with Crippen molar-refractivity contribution in [3.8, 4) is 0 Å². The first kappa shape index (κ1) is 7.81. The van der Waals surface area contributed by atoms with Gasteiger partial charge in [0.25, 0.3) is 0 Å². The van der Waals surface area contributed by atoms with Crippen molar-refractivity contribution in [1.29, 1.82) is 0 Å². The van der Waals surface area contributed by atoms with Crippen LogP contribution in [-0.4, -0.2) is 16.3 Å². The third kappa shape index (κ3) is 1.10. The minimum absolute atomic E-state index is 0.435. The van der Waals surface area contributed by atoms with Gasteiger partial charge in [-0.3, -0.25) is 0 Å². The molecule has 0 atom stereocenters. The molecule has 0 aromatic carbocycles. The van der Waals surface area contributed by atoms with Crippen molar-refractivity contribution >= 4 is 12.6 Å². The molecule has 0 unspecified atom stereocenters. The summed E-state index contributed by atoms with van der Waals surface area (Å²) in [6.45, 7) is 0. The van der Waals surface area contributed by atoms with Crippen molar-refractivity contribution in [3.05, 3.63) is 12.7 Å². The van der Waals surface area contributed by atoms with E-state index in [9.17, 15) is 4.57 Å². The maximum atomic E-state index is 12.7. The maximum Gasteiger partial charge on any atom is 0.181 e. The van der Waals surface area contributed by atoms with Crippen LogP contribution in [0.2, 0.25) is 0 Å². The molecule has 1 heterocycles. The fourth-order valence-corrected chi connectivity index (χ4v) is 5.60. The average molecular weight is 197 g/mol. The van der Waals surface area contributed by atoms with E-state index < -0.39 is 7.14 Å². The van der Waals surface area contributed by atoms with Crippen LogP contribution in [0.25, 0.3) is 0 Å². The summed E-state index contributed by atoms with van der Waals surface area (Å²) in [7, 11) is -2.15. The smallest absolute Gasteiger partial charge is 0.181 e. The van der Waals surface area contributed by atoms with E-state index in [0.717, 1.165) is 31.1 Å². The van der Waals surface area contributed by atoms with Gasteiger partial charge in [-0.05, 0) is 25.7 Å². The van der Waals surface area contributed by atoms with Crippen LogP contribution < -0.4 is 5.44 Å². The Labute approximate surface area is 76.9 Å². The van der Waals surface area contributed by atoms with Gasteiger partial charge < -0.3 is 8.98 Å². The van der Waals surface area contributed by atoms with E-state index in [-0.39, 0.29) is 0 Å². The molecule has 1 aromatic heterocycles. The van der Waals surface area contributed by atoms with Crippen LogP contribution in [0.4, 0.5) is 0 Å². The van der Waals surface area contributed by atoms with E-state index in [4.69, 9.17) is 4.42 Å². The zero-order chi connectivity index (χ0) is 8.89. The number of oxazole rings is 1. The fourth-order valence-electron chi connectivity index (χ4n) is 1.97. The molecule has 0 aliphatic heterocycles. The topological polar surface area (TPSA) is 43.1 Å². The van der Waals surface area contributed by atoms with Crippen molar-refractivity contribution in [2.75, 3.05) is 0 Å². The second-order valence-corrected chi connectivity index (χ2v) is 7.36. The Hall–Kier alpha value is -0.560. The Kier molecular flexibility index (Phi) is 1.49. The Morgan fingerprint density at radius 3 is 2.31 bits per heavy atom. The molecule has 2 fully saturated rings. The van der Waals surface area contributed by atoms with E-state index in [1.54, 1.807) is 6.26 Å². The number of hydrogen-bond donors (Lipinski definition) is 0. The van der Waals surface area contributed by atoms with Crippen molar-refractivity contribution in [2.45, 2.75) is 37.0 Å². The maximum absolute atomic E-state index is 12.7. The molecule has 0 N–H and O–H groups in total. The summed E-state index contributed by atoms with van der Waals surface area (Å²) in [6, 6.07) is 0. The molecular formula is C9H12NO2P. The fraction of sp³-hybridized carbons (Fsp3) is 0.667. The zero-order valence-electron chi connectivity index (χ0n) is 7.35. The van der Waals surface area contributed by atoms with Crippen LogP contribution in [0.5, 0.6) is 0 Å². The summed E-state index contributed by atoms with van der Waals surface area (Å²) in [6.07, 6.45) is 7.48. The monoisotopic (exact) mass is 197 g/mol. The molecule has 0 radical (unpaired) electrons. The van der Waals surface area contributed by atoms with Crippen LogP contribution in [0.15, 0.2) is 17.1 Å². The predicted octanol–water partition coefficient (Wildman–Crippen LogP) is 1.99. The van der Waals surface area contributed by atoms with Gasteiger partial charge in [-0.2, -0.15) is 0 Å². The number of nitrogens with zero attached hydrogens (tertiary/aromatic N) is 1. The molecule has 0 amide bonds. The third-order valence-corrected chi connectivity index (χ3v) is 7.10. The van der Waals surface area contributed by atoms with Crippen LogP contribution >= 0.6 is 7.14 Å². The highest BCUT2D eigenvalue weighted by Gasteiger charge is 2.53. The minimum Gasteiger partial charge on any atom is -0.451 e. The molecule has 1 aromatic rings. The molecule has 4 heteroatoms. The van der Waals surface area contributed by atoms with E-state index in [0.29, 0.717) is 11.3 Å². The summed E-state index contributed by atoms with van der Waals surface area (Å²) in [5.74, 6) is 0. The summed E-state index contributed by atoms with van der Waals surface area (Å²) >= 11 is 0. The lowest BCUT2D eigenvalue weighted by Crippen LogP contribution is -2.12. The Bertz CT molecular complexity index is 336. The highest BCUT2D eigenvalue weighted by Crippen LogP contribution is 2.69. The Morgan fingerprint density at radius 2 is 1.92 bits per heavy atom. The molecule has 2 saturated carbocycles. The van der Waals surface area contributed by atoms with E-state index >= 15 is 0 Å². The van der Waals surface area contributed by atoms with Gasteiger partial charge in [-0.25, -0.2) is 4.98 Å². The second-order valence-electron chi connectivity index (χ2n) is 4.02. The molecule has 0 saturated heterocycles. The van der Waals surface area contributed by atoms with Gasteiger partial charge in [0.15, 0.2) is 6.39 Å². The third-order valence-electron chi connectivity index (χ3n) is 2.96. The molecule has 2 aliphatic carbocycles. The largest absolute Gasteiger partial charge is 0.451 e. The summed E-state index contributed by atoms with van der Waals surface area (Å²) in [5, 5.41) is 0. The van der Waals surface area contributed by atoms with Gasteiger partial charge in [0.05, 0.1) is 0 Å². The molecule has 70 valence electrons. The highest BCUT2D eigenvalue weighted by molar-refractivity contribution is 7.73. The van der Waals surface area contributed by atoms with Gasteiger partial charge in [-0.1, -0.05) is 0 Å². The summed E-state index contributed by atoms with van der Waals surface area (Å²) in [4.78, 5) is 4.08. The average Bonchev–Trinajstić information content (AvgIpc) is 3.01.